The first-order chi connectivity index (χ1) is 9.94. The van der Waals surface area contributed by atoms with Crippen LogP contribution >= 0.6 is 22.6 Å². The summed E-state index contributed by atoms with van der Waals surface area (Å²) in [6.45, 7) is 0.767. The topological polar surface area (TPSA) is 95.9 Å². The molecule has 21 heavy (non-hydrogen) atoms. The van der Waals surface area contributed by atoms with Gasteiger partial charge < -0.3 is 20.3 Å². The molecule has 0 atom stereocenters. The number of carbonyl (C=O) groups excluding carboxylic acids is 1. The molecule has 0 spiro atoms. The van der Waals surface area contributed by atoms with E-state index in [-0.39, 0.29) is 17.9 Å². The first kappa shape index (κ1) is 16.0. The summed E-state index contributed by atoms with van der Waals surface area (Å²) in [5.74, 6) is -1.53. The molecule has 1 fully saturated rings. The van der Waals surface area contributed by atoms with Crippen molar-refractivity contribution in [2.75, 3.05) is 19.8 Å². The zero-order chi connectivity index (χ0) is 15.5. The van der Waals surface area contributed by atoms with E-state index in [1.54, 1.807) is 12.1 Å². The molecule has 0 aliphatic carbocycles. The molecule has 0 unspecified atom stereocenters. The van der Waals surface area contributed by atoms with Crippen molar-refractivity contribution < 1.29 is 24.5 Å². The number of nitrogens with one attached hydrogen (secondary N) is 1. The molecule has 0 aromatic heterocycles. The molecule has 1 aromatic rings. The van der Waals surface area contributed by atoms with Crippen LogP contribution in [0.1, 0.15) is 23.2 Å². The minimum Gasteiger partial charge on any atom is -0.507 e. The largest absolute Gasteiger partial charge is 0.507 e. The van der Waals surface area contributed by atoms with Crippen molar-refractivity contribution in [3.8, 4) is 5.75 Å². The van der Waals surface area contributed by atoms with Crippen LogP contribution in [0.15, 0.2) is 18.2 Å². The monoisotopic (exact) mass is 405 g/mol. The molecule has 1 aliphatic heterocycles. The lowest BCUT2D eigenvalue weighted by molar-refractivity contribution is -0.154. The van der Waals surface area contributed by atoms with Gasteiger partial charge >= 0.3 is 5.97 Å². The maximum absolute atomic E-state index is 12.1. The molecule has 1 heterocycles. The average Bonchev–Trinajstić information content (AvgIpc) is 2.48. The van der Waals surface area contributed by atoms with Gasteiger partial charge in [-0.15, -0.1) is 0 Å². The molecule has 1 amide bonds. The summed E-state index contributed by atoms with van der Waals surface area (Å²) in [6.07, 6.45) is 0.724. The highest BCUT2D eigenvalue weighted by atomic mass is 127. The number of phenols is 1. The number of halogens is 1. The lowest BCUT2D eigenvalue weighted by Gasteiger charge is -2.33. The third kappa shape index (κ3) is 3.65. The number of rotatable bonds is 4. The number of hydrogen-bond acceptors (Lipinski definition) is 4. The second-order valence-electron chi connectivity index (χ2n) is 5.04. The molecule has 0 saturated carbocycles. The van der Waals surface area contributed by atoms with E-state index in [4.69, 9.17) is 4.74 Å². The van der Waals surface area contributed by atoms with Gasteiger partial charge in [-0.1, -0.05) is 0 Å². The Balaban J connectivity index is 2.08. The van der Waals surface area contributed by atoms with Crippen molar-refractivity contribution in [2.45, 2.75) is 12.8 Å². The van der Waals surface area contributed by atoms with E-state index < -0.39 is 17.3 Å². The molecular formula is C14H16INO5. The van der Waals surface area contributed by atoms with Crippen molar-refractivity contribution in [2.24, 2.45) is 5.41 Å². The standard InChI is InChI=1S/C14H16INO5/c15-9-1-2-11(17)10(7-9)12(18)16-8-14(13(19)20)3-5-21-6-4-14/h1-2,7,17H,3-6,8H2,(H,16,18)(H,19,20). The van der Waals surface area contributed by atoms with Gasteiger partial charge in [0, 0.05) is 23.3 Å². The Kier molecular flexibility index (Phi) is 5.04. The van der Waals surface area contributed by atoms with Crippen LogP contribution < -0.4 is 5.32 Å². The molecule has 1 aromatic carbocycles. The summed E-state index contributed by atoms with van der Waals surface area (Å²) in [5.41, 5.74) is -0.847. The van der Waals surface area contributed by atoms with Gasteiger partial charge in [-0.3, -0.25) is 9.59 Å². The lowest BCUT2D eigenvalue weighted by Crippen LogP contribution is -2.46. The highest BCUT2D eigenvalue weighted by Gasteiger charge is 2.40. The Morgan fingerprint density at radius 1 is 1.33 bits per heavy atom. The smallest absolute Gasteiger partial charge is 0.311 e. The zero-order valence-corrected chi connectivity index (χ0v) is 13.4. The molecule has 6 nitrogen and oxygen atoms in total. The second-order valence-corrected chi connectivity index (χ2v) is 6.29. The summed E-state index contributed by atoms with van der Waals surface area (Å²) in [7, 11) is 0. The number of ether oxygens (including phenoxy) is 1. The average molecular weight is 405 g/mol. The molecule has 0 radical (unpaired) electrons. The minimum atomic E-state index is -0.995. The van der Waals surface area contributed by atoms with Crippen LogP contribution in [0.5, 0.6) is 5.75 Å². The first-order valence-corrected chi connectivity index (χ1v) is 7.60. The van der Waals surface area contributed by atoms with Crippen molar-refractivity contribution in [1.29, 1.82) is 0 Å². The number of benzene rings is 1. The van der Waals surface area contributed by atoms with Gasteiger partial charge in [0.2, 0.25) is 0 Å². The molecule has 114 valence electrons. The molecule has 0 bridgehead atoms. The number of carbonyl (C=O) groups is 2. The van der Waals surface area contributed by atoms with Gasteiger partial charge in [0.25, 0.3) is 5.91 Å². The predicted octanol–water partition coefficient (Wildman–Crippen LogP) is 1.61. The molecule has 7 heteroatoms. The predicted molar refractivity (Wildman–Crippen MR) is 83.3 cm³/mol. The third-order valence-corrected chi connectivity index (χ3v) is 4.37. The number of phenolic OH excluding ortho intramolecular Hbond substituents is 1. The van der Waals surface area contributed by atoms with Gasteiger partial charge in [-0.2, -0.15) is 0 Å². The second kappa shape index (κ2) is 6.61. The molecule has 2 rings (SSSR count). The molecular weight excluding hydrogens is 389 g/mol. The van der Waals surface area contributed by atoms with E-state index in [2.05, 4.69) is 5.32 Å². The number of aromatic hydroxyl groups is 1. The highest BCUT2D eigenvalue weighted by molar-refractivity contribution is 14.1. The third-order valence-electron chi connectivity index (χ3n) is 3.69. The Morgan fingerprint density at radius 3 is 2.62 bits per heavy atom. The van der Waals surface area contributed by atoms with E-state index in [1.807, 2.05) is 22.6 Å². The summed E-state index contributed by atoms with van der Waals surface area (Å²) in [5, 5.41) is 21.7. The zero-order valence-electron chi connectivity index (χ0n) is 11.3. The molecule has 3 N–H and O–H groups in total. The highest BCUT2D eigenvalue weighted by Crippen LogP contribution is 2.30. The number of aliphatic carboxylic acids is 1. The maximum atomic E-state index is 12.1. The van der Waals surface area contributed by atoms with Crippen molar-refractivity contribution in [1.82, 2.24) is 5.32 Å². The van der Waals surface area contributed by atoms with Gasteiger partial charge in [-0.25, -0.2) is 0 Å². The summed E-state index contributed by atoms with van der Waals surface area (Å²) < 4.78 is 6.00. The van der Waals surface area contributed by atoms with Crippen molar-refractivity contribution in [3.05, 3.63) is 27.3 Å². The van der Waals surface area contributed by atoms with Crippen LogP contribution in [0.25, 0.3) is 0 Å². The Hall–Kier alpha value is -1.35. The number of amides is 1. The van der Waals surface area contributed by atoms with E-state index in [0.717, 1.165) is 3.57 Å². The molecule has 1 aliphatic rings. The summed E-state index contributed by atoms with van der Waals surface area (Å²) in [4.78, 5) is 23.6. The maximum Gasteiger partial charge on any atom is 0.311 e. The molecule has 1 saturated heterocycles. The van der Waals surface area contributed by atoms with Gasteiger partial charge in [-0.05, 0) is 53.6 Å². The Labute approximate surface area is 135 Å². The van der Waals surface area contributed by atoms with Crippen LogP contribution in [-0.4, -0.2) is 41.8 Å². The van der Waals surface area contributed by atoms with E-state index in [0.29, 0.717) is 26.1 Å². The number of carboxylic acid groups (broad SMARTS) is 1. The summed E-state index contributed by atoms with van der Waals surface area (Å²) in [6, 6.07) is 4.69. The van der Waals surface area contributed by atoms with Crippen LogP contribution in [0, 0.1) is 8.99 Å². The SMILES string of the molecule is O=C(NCC1(C(=O)O)CCOCC1)c1cc(I)ccc1O. The normalized spacial score (nSPS) is 17.2. The fourth-order valence-electron chi connectivity index (χ4n) is 2.26. The fourth-order valence-corrected chi connectivity index (χ4v) is 2.75. The van der Waals surface area contributed by atoms with Crippen LogP contribution in [0.3, 0.4) is 0 Å². The van der Waals surface area contributed by atoms with Crippen LogP contribution in [-0.2, 0) is 9.53 Å². The fraction of sp³-hybridized carbons (Fsp3) is 0.429. The van der Waals surface area contributed by atoms with Crippen molar-refractivity contribution >= 4 is 34.5 Å². The van der Waals surface area contributed by atoms with Gasteiger partial charge in [0.15, 0.2) is 0 Å². The van der Waals surface area contributed by atoms with Gasteiger partial charge in [0.05, 0.1) is 11.0 Å². The van der Waals surface area contributed by atoms with Crippen LogP contribution in [0.2, 0.25) is 0 Å². The Bertz CT molecular complexity index is 554. The van der Waals surface area contributed by atoms with E-state index >= 15 is 0 Å². The van der Waals surface area contributed by atoms with Gasteiger partial charge in [0.1, 0.15) is 5.75 Å². The van der Waals surface area contributed by atoms with E-state index in [9.17, 15) is 19.8 Å². The number of carboxylic acids is 1. The minimum absolute atomic E-state index is 0.0233. The quantitative estimate of drug-likeness (QED) is 0.662. The van der Waals surface area contributed by atoms with Crippen molar-refractivity contribution in [3.63, 3.8) is 0 Å². The first-order valence-electron chi connectivity index (χ1n) is 6.52. The summed E-state index contributed by atoms with van der Waals surface area (Å²) >= 11 is 2.04. The lowest BCUT2D eigenvalue weighted by atomic mass is 9.80. The van der Waals surface area contributed by atoms with E-state index in [1.165, 1.54) is 6.07 Å². The Morgan fingerprint density at radius 2 is 2.00 bits per heavy atom. The number of hydrogen-bond donors (Lipinski definition) is 3. The van der Waals surface area contributed by atoms with Crippen LogP contribution in [0.4, 0.5) is 0 Å².